The predicted molar refractivity (Wildman–Crippen MR) is 122 cm³/mol. The van der Waals surface area contributed by atoms with Crippen molar-refractivity contribution in [3.05, 3.63) is 88.2 Å². The number of nitrogens with zero attached hydrogens (tertiary/aromatic N) is 4. The van der Waals surface area contributed by atoms with Crippen LogP contribution in [0, 0.1) is 0 Å². The number of benzene rings is 1. The molecule has 1 amide bonds. The van der Waals surface area contributed by atoms with Crippen LogP contribution in [0.25, 0.3) is 27.9 Å². The highest BCUT2D eigenvalue weighted by molar-refractivity contribution is 9.10. The summed E-state index contributed by atoms with van der Waals surface area (Å²) in [4.78, 5) is 22.0. The van der Waals surface area contributed by atoms with Gasteiger partial charge in [-0.2, -0.15) is 5.10 Å². The van der Waals surface area contributed by atoms with Crippen LogP contribution in [0.2, 0.25) is 0 Å². The lowest BCUT2D eigenvalue weighted by molar-refractivity contribution is 0.103. The molecular weight excluding hydrogens is 462 g/mol. The first kappa shape index (κ1) is 18.7. The van der Waals surface area contributed by atoms with E-state index in [-0.39, 0.29) is 5.91 Å². The summed E-state index contributed by atoms with van der Waals surface area (Å²) in [5, 5.41) is 9.31. The highest BCUT2D eigenvalue weighted by atomic mass is 79.9. The summed E-state index contributed by atoms with van der Waals surface area (Å²) in [5.41, 5.74) is 5.19. The maximum absolute atomic E-state index is 12.6. The van der Waals surface area contributed by atoms with E-state index in [0.717, 1.165) is 38.1 Å². The molecule has 0 aliphatic carbocycles. The summed E-state index contributed by atoms with van der Waals surface area (Å²) in [5.74, 6) is -0.142. The zero-order valence-corrected chi connectivity index (χ0v) is 17.9. The Balaban J connectivity index is 1.41. The van der Waals surface area contributed by atoms with Gasteiger partial charge in [-0.25, -0.2) is 9.50 Å². The first-order valence-corrected chi connectivity index (χ1v) is 10.7. The fourth-order valence-electron chi connectivity index (χ4n) is 3.08. The molecule has 0 aliphatic rings. The van der Waals surface area contributed by atoms with Gasteiger partial charge in [0.2, 0.25) is 0 Å². The molecule has 30 heavy (non-hydrogen) atoms. The van der Waals surface area contributed by atoms with Crippen LogP contribution in [0.3, 0.4) is 0 Å². The Labute approximate surface area is 184 Å². The third-order valence-corrected chi connectivity index (χ3v) is 6.05. The summed E-state index contributed by atoms with van der Waals surface area (Å²) >= 11 is 4.78. The third kappa shape index (κ3) is 3.62. The first-order valence-electron chi connectivity index (χ1n) is 9.07. The number of amides is 1. The van der Waals surface area contributed by atoms with E-state index in [1.165, 1.54) is 11.3 Å². The lowest BCUT2D eigenvalue weighted by Crippen LogP contribution is -2.09. The molecule has 8 heteroatoms. The van der Waals surface area contributed by atoms with Crippen LogP contribution in [0.15, 0.2) is 83.3 Å². The molecule has 0 aliphatic heterocycles. The van der Waals surface area contributed by atoms with E-state index in [0.29, 0.717) is 4.88 Å². The van der Waals surface area contributed by atoms with E-state index in [1.807, 2.05) is 60.2 Å². The van der Waals surface area contributed by atoms with Crippen molar-refractivity contribution in [2.24, 2.45) is 0 Å². The molecule has 1 N–H and O–H groups in total. The number of carbonyl (C=O) groups is 1. The number of anilines is 1. The van der Waals surface area contributed by atoms with E-state index in [1.54, 1.807) is 23.1 Å². The maximum Gasteiger partial charge on any atom is 0.265 e. The van der Waals surface area contributed by atoms with E-state index in [2.05, 4.69) is 36.3 Å². The lowest BCUT2D eigenvalue weighted by Gasteiger charge is -2.03. The maximum atomic E-state index is 12.6. The van der Waals surface area contributed by atoms with Crippen molar-refractivity contribution in [3.8, 4) is 22.3 Å². The van der Waals surface area contributed by atoms with E-state index in [9.17, 15) is 4.79 Å². The second kappa shape index (κ2) is 7.81. The van der Waals surface area contributed by atoms with Crippen molar-refractivity contribution in [2.75, 3.05) is 5.32 Å². The van der Waals surface area contributed by atoms with Gasteiger partial charge >= 0.3 is 0 Å². The van der Waals surface area contributed by atoms with Crippen molar-refractivity contribution in [2.45, 2.75) is 0 Å². The SMILES string of the molecule is O=C(Nc1ccc(Br)cc1)c1cc(-c2cnn3cc(-c4cccnc4)cnc23)cs1. The number of fused-ring (bicyclic) bond motifs is 1. The molecule has 4 aromatic heterocycles. The molecule has 1 aromatic carbocycles. The second-order valence-electron chi connectivity index (χ2n) is 6.57. The van der Waals surface area contributed by atoms with Crippen LogP contribution in [0.5, 0.6) is 0 Å². The Morgan fingerprint density at radius 1 is 1.03 bits per heavy atom. The highest BCUT2D eigenvalue weighted by Crippen LogP contribution is 2.30. The standard InChI is InChI=1S/C22H14BrN5OS/c23-17-3-5-18(6-4-17)27-22(29)20-8-15(13-30-20)19-11-26-28-12-16(10-25-21(19)28)14-2-1-7-24-9-14/h1-13H,(H,27,29). The first-order chi connectivity index (χ1) is 14.7. The van der Waals surface area contributed by atoms with Crippen molar-refractivity contribution >= 4 is 44.5 Å². The van der Waals surface area contributed by atoms with Gasteiger partial charge < -0.3 is 5.32 Å². The zero-order valence-electron chi connectivity index (χ0n) is 15.5. The molecular formula is C22H14BrN5OS. The number of aromatic nitrogens is 4. The lowest BCUT2D eigenvalue weighted by atomic mass is 10.1. The molecule has 4 heterocycles. The number of nitrogens with one attached hydrogen (secondary N) is 1. The number of hydrogen-bond acceptors (Lipinski definition) is 5. The number of thiophene rings is 1. The number of hydrogen-bond donors (Lipinski definition) is 1. The molecule has 0 spiro atoms. The van der Waals surface area contributed by atoms with Gasteiger partial charge in [0.25, 0.3) is 5.91 Å². The molecule has 6 nitrogen and oxygen atoms in total. The molecule has 0 saturated carbocycles. The average molecular weight is 476 g/mol. The van der Waals surface area contributed by atoms with Crippen LogP contribution in [-0.4, -0.2) is 25.5 Å². The van der Waals surface area contributed by atoms with Crippen LogP contribution in [0.4, 0.5) is 5.69 Å². The quantitative estimate of drug-likeness (QED) is 0.370. The number of pyridine rings is 1. The van der Waals surface area contributed by atoms with Gasteiger partial charge in [-0.1, -0.05) is 22.0 Å². The van der Waals surface area contributed by atoms with Crippen molar-refractivity contribution in [3.63, 3.8) is 0 Å². The molecule has 0 unspecified atom stereocenters. The summed E-state index contributed by atoms with van der Waals surface area (Å²) in [6.07, 6.45) is 9.04. The molecule has 146 valence electrons. The molecule has 0 bridgehead atoms. The van der Waals surface area contributed by atoms with E-state index >= 15 is 0 Å². The van der Waals surface area contributed by atoms with Gasteiger partial charge in [0.15, 0.2) is 5.65 Å². The van der Waals surface area contributed by atoms with Gasteiger partial charge in [0.05, 0.1) is 11.1 Å². The van der Waals surface area contributed by atoms with Gasteiger partial charge in [0.1, 0.15) is 0 Å². The van der Waals surface area contributed by atoms with Crippen molar-refractivity contribution < 1.29 is 4.79 Å². The Morgan fingerprint density at radius 3 is 2.70 bits per heavy atom. The third-order valence-electron chi connectivity index (χ3n) is 4.59. The topological polar surface area (TPSA) is 72.2 Å². The Kier molecular flexibility index (Phi) is 4.86. The smallest absolute Gasteiger partial charge is 0.265 e. The van der Waals surface area contributed by atoms with Gasteiger partial charge in [-0.3, -0.25) is 9.78 Å². The molecule has 5 aromatic rings. The largest absolute Gasteiger partial charge is 0.321 e. The fourth-order valence-corrected chi connectivity index (χ4v) is 4.15. The number of carbonyl (C=O) groups excluding carboxylic acids is 1. The zero-order chi connectivity index (χ0) is 20.5. The number of rotatable bonds is 4. The second-order valence-corrected chi connectivity index (χ2v) is 8.40. The predicted octanol–water partition coefficient (Wildman–Crippen LogP) is 5.53. The summed E-state index contributed by atoms with van der Waals surface area (Å²) < 4.78 is 2.71. The Hall–Kier alpha value is -3.36. The van der Waals surface area contributed by atoms with Crippen LogP contribution in [-0.2, 0) is 0 Å². The minimum absolute atomic E-state index is 0.142. The highest BCUT2D eigenvalue weighted by Gasteiger charge is 2.14. The summed E-state index contributed by atoms with van der Waals surface area (Å²) in [6, 6.07) is 13.2. The minimum Gasteiger partial charge on any atom is -0.321 e. The molecule has 0 radical (unpaired) electrons. The van der Waals surface area contributed by atoms with Gasteiger partial charge in [-0.05, 0) is 47.3 Å². The van der Waals surface area contributed by atoms with E-state index < -0.39 is 0 Å². The Morgan fingerprint density at radius 2 is 1.90 bits per heavy atom. The summed E-state index contributed by atoms with van der Waals surface area (Å²) in [6.45, 7) is 0. The normalized spacial score (nSPS) is 11.0. The molecule has 0 fully saturated rings. The fraction of sp³-hybridized carbons (Fsp3) is 0. The van der Waals surface area contributed by atoms with Crippen LogP contribution in [0.1, 0.15) is 9.67 Å². The van der Waals surface area contributed by atoms with Crippen molar-refractivity contribution in [1.82, 2.24) is 19.6 Å². The van der Waals surface area contributed by atoms with Crippen LogP contribution >= 0.6 is 27.3 Å². The van der Waals surface area contributed by atoms with Crippen molar-refractivity contribution in [1.29, 1.82) is 0 Å². The van der Waals surface area contributed by atoms with Gasteiger partial charge in [-0.15, -0.1) is 11.3 Å². The molecule has 5 rings (SSSR count). The molecule has 0 atom stereocenters. The average Bonchev–Trinajstić information content (AvgIpc) is 3.42. The monoisotopic (exact) mass is 475 g/mol. The van der Waals surface area contributed by atoms with E-state index in [4.69, 9.17) is 0 Å². The minimum atomic E-state index is -0.142. The number of halogens is 1. The Bertz CT molecular complexity index is 1350. The molecule has 0 saturated heterocycles. The van der Waals surface area contributed by atoms with Crippen LogP contribution < -0.4 is 5.32 Å². The van der Waals surface area contributed by atoms with Gasteiger partial charge in [0, 0.05) is 51.6 Å². The summed E-state index contributed by atoms with van der Waals surface area (Å²) in [7, 11) is 0.